The number of carbonyl (C=O) groups excluding carboxylic acids is 2. The Morgan fingerprint density at radius 3 is 2.36 bits per heavy atom. The van der Waals surface area contributed by atoms with Crippen molar-refractivity contribution in [2.24, 2.45) is 0 Å². The van der Waals surface area contributed by atoms with Crippen molar-refractivity contribution in [1.29, 1.82) is 0 Å². The smallest absolute Gasteiger partial charge is 0.428 e. The van der Waals surface area contributed by atoms with Crippen molar-refractivity contribution in [3.8, 4) is 17.2 Å². The number of rotatable bonds is 4. The minimum atomic E-state index is -3.81. The van der Waals surface area contributed by atoms with E-state index in [2.05, 4.69) is 0 Å². The molecule has 0 radical (unpaired) electrons. The van der Waals surface area contributed by atoms with E-state index in [-0.39, 0.29) is 18.1 Å². The topological polar surface area (TPSA) is 139 Å². The van der Waals surface area contributed by atoms with Crippen LogP contribution < -0.4 is 20.9 Å². The lowest BCUT2D eigenvalue weighted by Crippen LogP contribution is -2.46. The van der Waals surface area contributed by atoms with Crippen LogP contribution in [0.3, 0.4) is 0 Å². The number of nitrogens with zero attached hydrogens (tertiary/aromatic N) is 4. The number of fused-ring (bicyclic) bond motifs is 5. The number of allylic oxidation sites excluding steroid dienone is 1. The highest BCUT2D eigenvalue weighted by Crippen LogP contribution is 2.47. The molecule has 12 nitrogen and oxygen atoms in total. The molecule has 0 spiro atoms. The van der Waals surface area contributed by atoms with Crippen molar-refractivity contribution in [2.45, 2.75) is 39.0 Å². The summed E-state index contributed by atoms with van der Waals surface area (Å²) in [6, 6.07) is 10.0. The van der Waals surface area contributed by atoms with Crippen LogP contribution in [0.25, 0.3) is 5.69 Å². The molecule has 3 heterocycles. The number of Topliss-reactive ketones (excluding diaryl/α,β-unsaturated/α-hetero) is 1. The quantitative estimate of drug-likeness (QED) is 0.353. The average molecular weight is 555 g/mol. The maximum absolute atomic E-state index is 13.7. The van der Waals surface area contributed by atoms with E-state index in [1.165, 1.54) is 28.4 Å². The SMILES string of the molecule is CC(=O)c1ccc(-n2c(=O)n3n(c2=O)C2C(=CC3)C(C)(C)Oc3cc(OC(=O)N(C)S(C)(=O)=O)ccc32)cc1. The molecule has 0 aliphatic carbocycles. The fourth-order valence-electron chi connectivity index (χ4n) is 4.81. The van der Waals surface area contributed by atoms with E-state index >= 15 is 0 Å². The minimum absolute atomic E-state index is 0.0427. The molecule has 39 heavy (non-hydrogen) atoms. The molecule has 204 valence electrons. The van der Waals surface area contributed by atoms with E-state index in [9.17, 15) is 27.6 Å². The Bertz CT molecular complexity index is 1790. The van der Waals surface area contributed by atoms with E-state index in [1.807, 2.05) is 19.9 Å². The standard InChI is InChI=1S/C26H26N4O8S/c1-15(31)16-6-8-17(9-7-16)29-23(32)28-13-12-20-22(30(28)24(29)33)19-11-10-18(14-21(19)38-26(20,2)3)37-25(34)27(4)39(5,35)36/h6-12,14,22H,13H2,1-5H3. The van der Waals surface area contributed by atoms with Crippen molar-refractivity contribution in [3.63, 3.8) is 0 Å². The lowest BCUT2D eigenvalue weighted by Gasteiger charge is -2.42. The third-order valence-electron chi connectivity index (χ3n) is 6.91. The highest BCUT2D eigenvalue weighted by molar-refractivity contribution is 7.88. The van der Waals surface area contributed by atoms with Gasteiger partial charge in [0.15, 0.2) is 5.78 Å². The molecule has 0 bridgehead atoms. The molecule has 1 unspecified atom stereocenters. The van der Waals surface area contributed by atoms with E-state index in [4.69, 9.17) is 9.47 Å². The van der Waals surface area contributed by atoms with Crippen molar-refractivity contribution >= 4 is 21.9 Å². The normalized spacial score (nSPS) is 17.2. The van der Waals surface area contributed by atoms with Gasteiger partial charge in [-0.2, -0.15) is 0 Å². The van der Waals surface area contributed by atoms with Gasteiger partial charge in [-0.05, 0) is 62.7 Å². The summed E-state index contributed by atoms with van der Waals surface area (Å²) in [6.45, 7) is 5.22. The minimum Gasteiger partial charge on any atom is -0.483 e. The zero-order chi connectivity index (χ0) is 28.4. The maximum Gasteiger partial charge on any atom is 0.428 e. The van der Waals surface area contributed by atoms with Crippen molar-refractivity contribution in [1.82, 2.24) is 18.2 Å². The van der Waals surface area contributed by atoms with Crippen molar-refractivity contribution in [2.75, 3.05) is 13.3 Å². The number of ketones is 1. The number of amides is 1. The summed E-state index contributed by atoms with van der Waals surface area (Å²) in [7, 11) is -2.73. The van der Waals surface area contributed by atoms with Gasteiger partial charge in [0.05, 0.1) is 18.5 Å². The van der Waals surface area contributed by atoms with Gasteiger partial charge in [0.1, 0.15) is 23.1 Å². The molecule has 1 aromatic heterocycles. The molecule has 0 fully saturated rings. The third-order valence-corrected chi connectivity index (χ3v) is 8.06. The van der Waals surface area contributed by atoms with Gasteiger partial charge in [-0.25, -0.2) is 41.0 Å². The van der Waals surface area contributed by atoms with Crippen LogP contribution in [0, 0.1) is 0 Å². The van der Waals surface area contributed by atoms with Crippen LogP contribution in [0.4, 0.5) is 4.79 Å². The van der Waals surface area contributed by atoms with Crippen molar-refractivity contribution < 1.29 is 27.5 Å². The first kappa shape index (κ1) is 26.2. The van der Waals surface area contributed by atoms with Crippen LogP contribution in [0.15, 0.2) is 63.7 Å². The summed E-state index contributed by atoms with van der Waals surface area (Å²) in [6.07, 6.45) is 1.64. The molecular formula is C26H26N4O8S. The number of aromatic nitrogens is 3. The lowest BCUT2D eigenvalue weighted by atomic mass is 9.83. The zero-order valence-corrected chi connectivity index (χ0v) is 22.7. The zero-order valence-electron chi connectivity index (χ0n) is 21.9. The Hall–Kier alpha value is -4.39. The second-order valence-electron chi connectivity index (χ2n) is 9.90. The van der Waals surface area contributed by atoms with Gasteiger partial charge in [0.25, 0.3) is 0 Å². The second-order valence-corrected chi connectivity index (χ2v) is 11.9. The van der Waals surface area contributed by atoms with E-state index < -0.39 is 39.1 Å². The van der Waals surface area contributed by atoms with E-state index in [0.717, 1.165) is 23.4 Å². The molecule has 0 N–H and O–H groups in total. The average Bonchev–Trinajstić information content (AvgIpc) is 3.12. The number of sulfonamides is 1. The first-order chi connectivity index (χ1) is 18.2. The summed E-state index contributed by atoms with van der Waals surface area (Å²) < 4.78 is 39.1. The van der Waals surface area contributed by atoms with Gasteiger partial charge in [-0.3, -0.25) is 4.79 Å². The number of hydrogen-bond donors (Lipinski definition) is 0. The molecule has 13 heteroatoms. The van der Waals surface area contributed by atoms with Gasteiger partial charge in [-0.15, -0.1) is 0 Å². The summed E-state index contributed by atoms with van der Waals surface area (Å²) in [4.78, 5) is 51.1. The molecule has 2 aromatic carbocycles. The molecule has 3 aromatic rings. The van der Waals surface area contributed by atoms with Gasteiger partial charge >= 0.3 is 17.5 Å². The molecule has 1 atom stereocenters. The van der Waals surface area contributed by atoms with E-state index in [1.54, 1.807) is 30.3 Å². The third kappa shape index (κ3) is 4.28. The molecule has 5 rings (SSSR count). The number of benzene rings is 2. The second kappa shape index (κ2) is 8.83. The van der Waals surface area contributed by atoms with Crippen LogP contribution in [0.1, 0.15) is 42.7 Å². The fourth-order valence-corrected chi connectivity index (χ4v) is 5.11. The Kier molecular flexibility index (Phi) is 5.94. The van der Waals surface area contributed by atoms with Crippen molar-refractivity contribution in [3.05, 3.63) is 86.2 Å². The number of hydrogen-bond acceptors (Lipinski definition) is 8. The summed E-state index contributed by atoms with van der Waals surface area (Å²) in [5, 5.41) is 0. The summed E-state index contributed by atoms with van der Waals surface area (Å²) >= 11 is 0. The molecule has 0 saturated carbocycles. The van der Waals surface area contributed by atoms with E-state index in [0.29, 0.717) is 26.9 Å². The monoisotopic (exact) mass is 554 g/mol. The number of carbonyl (C=O) groups is 2. The van der Waals surface area contributed by atoms with Gasteiger partial charge in [0.2, 0.25) is 10.0 Å². The van der Waals surface area contributed by atoms with Crippen LogP contribution in [0.5, 0.6) is 11.5 Å². The van der Waals surface area contributed by atoms with Gasteiger partial charge in [-0.1, -0.05) is 6.08 Å². The Labute approximate surface area is 223 Å². The lowest BCUT2D eigenvalue weighted by molar-refractivity contribution is 0.101. The predicted molar refractivity (Wildman–Crippen MR) is 140 cm³/mol. The first-order valence-corrected chi connectivity index (χ1v) is 13.8. The molecule has 2 aliphatic heterocycles. The Morgan fingerprint density at radius 1 is 1.08 bits per heavy atom. The molecular weight excluding hydrogens is 528 g/mol. The first-order valence-electron chi connectivity index (χ1n) is 12.0. The highest BCUT2D eigenvalue weighted by atomic mass is 32.2. The highest BCUT2D eigenvalue weighted by Gasteiger charge is 2.44. The van der Waals surface area contributed by atoms with Gasteiger partial charge in [0, 0.05) is 24.2 Å². The molecule has 1 amide bonds. The molecule has 2 aliphatic rings. The number of ether oxygens (including phenoxy) is 2. The fraction of sp³-hybridized carbons (Fsp3) is 0.308. The van der Waals surface area contributed by atoms with Crippen LogP contribution >= 0.6 is 0 Å². The summed E-state index contributed by atoms with van der Waals surface area (Å²) in [5.74, 6) is 0.215. The maximum atomic E-state index is 13.7. The Balaban J connectivity index is 1.61. The molecule has 0 saturated heterocycles. The van der Waals surface area contributed by atoms with Crippen LogP contribution in [0.2, 0.25) is 0 Å². The largest absolute Gasteiger partial charge is 0.483 e. The van der Waals surface area contributed by atoms with Crippen LogP contribution in [-0.2, 0) is 16.6 Å². The summed E-state index contributed by atoms with van der Waals surface area (Å²) in [5.41, 5.74) is 0.106. The van der Waals surface area contributed by atoms with Gasteiger partial charge < -0.3 is 9.47 Å². The van der Waals surface area contributed by atoms with Crippen LogP contribution in [-0.4, -0.2) is 57.4 Å². The Morgan fingerprint density at radius 2 is 1.74 bits per heavy atom. The predicted octanol–water partition coefficient (Wildman–Crippen LogP) is 2.09.